The Balaban J connectivity index is 1.32. The van der Waals surface area contributed by atoms with Crippen LogP contribution < -0.4 is 4.90 Å². The van der Waals surface area contributed by atoms with Gasteiger partial charge in [-0.05, 0) is 59.0 Å². The van der Waals surface area contributed by atoms with E-state index in [-0.39, 0.29) is 18.1 Å². The first-order valence-corrected chi connectivity index (χ1v) is 16.1. The van der Waals surface area contributed by atoms with Crippen molar-refractivity contribution in [3.8, 4) is 0 Å². The van der Waals surface area contributed by atoms with E-state index in [4.69, 9.17) is 4.74 Å². The number of carbonyl (C=O) groups is 2. The van der Waals surface area contributed by atoms with Gasteiger partial charge in [0.05, 0.1) is 24.5 Å². The van der Waals surface area contributed by atoms with Crippen molar-refractivity contribution in [2.24, 2.45) is 0 Å². The molecule has 7 nitrogen and oxygen atoms in total. The molecule has 0 bridgehead atoms. The van der Waals surface area contributed by atoms with Crippen LogP contribution in [0.1, 0.15) is 33.5 Å². The normalized spacial score (nSPS) is 15.6. The van der Waals surface area contributed by atoms with Crippen LogP contribution in [0.4, 0.5) is 18.9 Å². The average molecular weight is 655 g/mol. The number of hydrogen-bond acceptors (Lipinski definition) is 5. The second kappa shape index (κ2) is 14.9. The van der Waals surface area contributed by atoms with Gasteiger partial charge in [0.15, 0.2) is 0 Å². The topological polar surface area (TPSA) is 66.0 Å². The molecule has 10 heteroatoms. The molecule has 6 rings (SSSR count). The summed E-state index contributed by atoms with van der Waals surface area (Å²) < 4.78 is 44.8. The standard InChI is InChI=1S/C38H37F3N4O3/c39-38(40,41)32-12-13-33(42-25-32)14-17-36(46)45(26-29-10-15-34(16-11-29)43-20-22-48-23-21-43)35(24-28-6-2-1-3-7-28)37(47)44-19-18-30-8-4-5-9-31(30)27-44/h1-17,25,35H,18-24,26-27H2/b17-14+/t35-/m0/s1. The van der Waals surface area contributed by atoms with Crippen LogP contribution in [-0.2, 0) is 46.4 Å². The van der Waals surface area contributed by atoms with Crippen LogP contribution in [0.25, 0.3) is 6.08 Å². The number of fused-ring (bicyclic) bond motifs is 1. The monoisotopic (exact) mass is 654 g/mol. The lowest BCUT2D eigenvalue weighted by atomic mass is 9.97. The van der Waals surface area contributed by atoms with Crippen LogP contribution in [0.2, 0.25) is 0 Å². The Morgan fingerprint density at radius 3 is 2.25 bits per heavy atom. The van der Waals surface area contributed by atoms with E-state index in [0.717, 1.165) is 54.2 Å². The molecule has 0 N–H and O–H groups in total. The van der Waals surface area contributed by atoms with E-state index < -0.39 is 23.7 Å². The van der Waals surface area contributed by atoms with Gasteiger partial charge in [0.25, 0.3) is 0 Å². The molecular formula is C38H37F3N4O3. The summed E-state index contributed by atoms with van der Waals surface area (Å²) in [4.78, 5) is 38.1. The van der Waals surface area contributed by atoms with Crippen molar-refractivity contribution in [2.45, 2.75) is 38.1 Å². The third-order valence-electron chi connectivity index (χ3n) is 8.83. The number of benzene rings is 3. The van der Waals surface area contributed by atoms with Crippen molar-refractivity contribution in [3.63, 3.8) is 0 Å². The van der Waals surface area contributed by atoms with E-state index in [1.165, 1.54) is 23.8 Å². The van der Waals surface area contributed by atoms with Gasteiger partial charge < -0.3 is 19.4 Å². The molecule has 1 saturated heterocycles. The van der Waals surface area contributed by atoms with E-state index in [9.17, 15) is 22.8 Å². The number of pyridine rings is 1. The predicted octanol–water partition coefficient (Wildman–Crippen LogP) is 6.18. The van der Waals surface area contributed by atoms with Gasteiger partial charge in [-0.1, -0.05) is 66.7 Å². The van der Waals surface area contributed by atoms with Crippen molar-refractivity contribution in [2.75, 3.05) is 37.7 Å². The zero-order valence-corrected chi connectivity index (χ0v) is 26.5. The summed E-state index contributed by atoms with van der Waals surface area (Å²) in [5.41, 5.74) is 4.42. The maximum absolute atomic E-state index is 14.5. The fourth-order valence-electron chi connectivity index (χ4n) is 6.16. The Hall–Kier alpha value is -4.96. The van der Waals surface area contributed by atoms with E-state index in [2.05, 4.69) is 16.0 Å². The number of alkyl halides is 3. The van der Waals surface area contributed by atoms with Crippen molar-refractivity contribution in [1.29, 1.82) is 0 Å². The van der Waals surface area contributed by atoms with E-state index in [1.54, 1.807) is 4.90 Å². The van der Waals surface area contributed by atoms with Gasteiger partial charge in [-0.3, -0.25) is 14.6 Å². The highest BCUT2D eigenvalue weighted by Crippen LogP contribution is 2.29. The van der Waals surface area contributed by atoms with Gasteiger partial charge >= 0.3 is 6.18 Å². The molecule has 248 valence electrons. The number of halogens is 3. The first-order chi connectivity index (χ1) is 23.2. The Morgan fingerprint density at radius 1 is 0.854 bits per heavy atom. The maximum atomic E-state index is 14.5. The molecule has 2 aliphatic heterocycles. The van der Waals surface area contributed by atoms with Gasteiger partial charge in [-0.15, -0.1) is 0 Å². The molecule has 4 aromatic rings. The third-order valence-corrected chi connectivity index (χ3v) is 8.83. The molecule has 0 radical (unpaired) electrons. The quantitative estimate of drug-likeness (QED) is 0.202. The zero-order valence-electron chi connectivity index (χ0n) is 26.5. The number of aromatic nitrogens is 1. The minimum Gasteiger partial charge on any atom is -0.378 e. The molecule has 1 atom stereocenters. The maximum Gasteiger partial charge on any atom is 0.417 e. The van der Waals surface area contributed by atoms with Crippen molar-refractivity contribution in [3.05, 3.63) is 137 Å². The van der Waals surface area contributed by atoms with Crippen LogP contribution >= 0.6 is 0 Å². The summed E-state index contributed by atoms with van der Waals surface area (Å²) in [6, 6.07) is 26.9. The Morgan fingerprint density at radius 2 is 1.56 bits per heavy atom. The molecule has 0 unspecified atom stereocenters. The molecule has 2 aliphatic rings. The molecule has 0 spiro atoms. The van der Waals surface area contributed by atoms with Crippen molar-refractivity contribution >= 4 is 23.6 Å². The minimum absolute atomic E-state index is 0.153. The average Bonchev–Trinajstić information content (AvgIpc) is 3.12. The Bertz CT molecular complexity index is 1720. The van der Waals surface area contributed by atoms with E-state index >= 15 is 0 Å². The number of carbonyl (C=O) groups excluding carboxylic acids is 2. The lowest BCUT2D eigenvalue weighted by Crippen LogP contribution is -2.52. The first kappa shape index (κ1) is 33.0. The number of anilines is 1. The SMILES string of the molecule is O=C([C@H](Cc1ccccc1)N(Cc1ccc(N2CCOCC2)cc1)C(=O)/C=C/c1ccc(C(F)(F)F)cn1)N1CCc2ccccc2C1. The number of nitrogens with zero attached hydrogens (tertiary/aromatic N) is 4. The molecule has 3 aromatic carbocycles. The first-order valence-electron chi connectivity index (χ1n) is 16.1. The summed E-state index contributed by atoms with van der Waals surface area (Å²) in [7, 11) is 0. The number of morpholine rings is 1. The molecule has 2 amide bonds. The second-order valence-corrected chi connectivity index (χ2v) is 12.0. The van der Waals surface area contributed by atoms with Gasteiger partial charge in [-0.25, -0.2) is 0 Å². The van der Waals surface area contributed by atoms with E-state index in [0.29, 0.717) is 32.7 Å². The van der Waals surface area contributed by atoms with Crippen molar-refractivity contribution < 1.29 is 27.5 Å². The van der Waals surface area contributed by atoms with Gasteiger partial charge in [0.2, 0.25) is 11.8 Å². The number of ether oxygens (including phenoxy) is 1. The molecule has 1 aromatic heterocycles. The summed E-state index contributed by atoms with van der Waals surface area (Å²) in [5.74, 6) is -0.603. The molecule has 3 heterocycles. The predicted molar refractivity (Wildman–Crippen MR) is 178 cm³/mol. The molecule has 1 fully saturated rings. The van der Waals surface area contributed by atoms with Crippen molar-refractivity contribution in [1.82, 2.24) is 14.8 Å². The Kier molecular flexibility index (Phi) is 10.2. The van der Waals surface area contributed by atoms with Gasteiger partial charge in [0.1, 0.15) is 6.04 Å². The zero-order chi connectivity index (χ0) is 33.5. The number of hydrogen-bond donors (Lipinski definition) is 0. The fraction of sp³-hybridized carbons (Fsp3) is 0.289. The highest BCUT2D eigenvalue weighted by Gasteiger charge is 2.34. The van der Waals surface area contributed by atoms with Crippen LogP contribution in [0.5, 0.6) is 0 Å². The van der Waals surface area contributed by atoms with E-state index in [1.807, 2.05) is 77.7 Å². The fourth-order valence-corrected chi connectivity index (χ4v) is 6.16. The molecule has 0 saturated carbocycles. The van der Waals surface area contributed by atoms with Gasteiger partial charge in [-0.2, -0.15) is 13.2 Å². The second-order valence-electron chi connectivity index (χ2n) is 12.0. The number of amides is 2. The number of rotatable bonds is 9. The Labute approximate surface area is 278 Å². The summed E-state index contributed by atoms with van der Waals surface area (Å²) in [6.45, 7) is 4.03. The van der Waals surface area contributed by atoms with Gasteiger partial charge in [0, 0.05) is 57.1 Å². The largest absolute Gasteiger partial charge is 0.417 e. The minimum atomic E-state index is -4.51. The van der Waals surface area contributed by atoms with Crippen LogP contribution in [0.15, 0.2) is 103 Å². The molecule has 0 aliphatic carbocycles. The summed E-state index contributed by atoms with van der Waals surface area (Å²) in [6.07, 6.45) is -0.0854. The smallest absolute Gasteiger partial charge is 0.378 e. The lowest BCUT2D eigenvalue weighted by molar-refractivity contribution is -0.144. The summed E-state index contributed by atoms with van der Waals surface area (Å²) in [5, 5.41) is 0. The lowest BCUT2D eigenvalue weighted by Gasteiger charge is -2.37. The highest BCUT2D eigenvalue weighted by molar-refractivity contribution is 5.95. The van der Waals surface area contributed by atoms with Crippen LogP contribution in [0.3, 0.4) is 0 Å². The summed E-state index contributed by atoms with van der Waals surface area (Å²) >= 11 is 0. The van der Waals surface area contributed by atoms with Crippen LogP contribution in [-0.4, -0.2) is 65.5 Å². The third kappa shape index (κ3) is 8.12. The van der Waals surface area contributed by atoms with Crippen LogP contribution in [0, 0.1) is 0 Å². The molecule has 48 heavy (non-hydrogen) atoms. The highest BCUT2D eigenvalue weighted by atomic mass is 19.4. The molecular weight excluding hydrogens is 617 g/mol.